The maximum absolute atomic E-state index is 11.8. The van der Waals surface area contributed by atoms with Gasteiger partial charge in [0, 0.05) is 6.42 Å². The van der Waals surface area contributed by atoms with Crippen LogP contribution in [-0.4, -0.2) is 151 Å². The normalized spacial score (nSPS) is 11.4. The number of carbonyl (C=O) groups excluding carboxylic acids is 1. The second kappa shape index (κ2) is 40.0. The molecule has 0 unspecified atom stereocenters. The summed E-state index contributed by atoms with van der Waals surface area (Å²) in [4.78, 5) is 11.6. The van der Waals surface area contributed by atoms with E-state index in [2.05, 4.69) is 6.92 Å². The number of hydrogen-bond donors (Lipinski definition) is 0. The number of carbonyl (C=O) groups is 1. The summed E-state index contributed by atoms with van der Waals surface area (Å²) in [6.07, 6.45) is 7.41. The molecule has 0 rings (SSSR count). The van der Waals surface area contributed by atoms with E-state index in [1.54, 1.807) is 0 Å². The Morgan fingerprint density at radius 3 is 0.977 bits per heavy atom. The first-order chi connectivity index (χ1) is 21.8. The van der Waals surface area contributed by atoms with Crippen molar-refractivity contribution < 1.29 is 61.3 Å². The summed E-state index contributed by atoms with van der Waals surface area (Å²) in [7, 11) is 0. The molecule has 0 aromatic rings. The largest absolute Gasteiger partial charge is 0.463 e. The number of unbranched alkanes of at least 4 members (excludes halogenated alkanes) is 5. The van der Waals surface area contributed by atoms with Gasteiger partial charge in [-0.15, -0.1) is 0 Å². The van der Waals surface area contributed by atoms with E-state index in [0.717, 1.165) is 12.8 Å². The van der Waals surface area contributed by atoms with Crippen molar-refractivity contribution in [3.8, 4) is 0 Å². The van der Waals surface area contributed by atoms with Crippen molar-refractivity contribution in [2.75, 3.05) is 145 Å². The highest BCUT2D eigenvalue weighted by Gasteiger charge is 2.02. The first kappa shape index (κ1) is 43.0. The topological polar surface area (TPSA) is 119 Å². The van der Waals surface area contributed by atoms with Gasteiger partial charge in [-0.05, 0) is 6.42 Å². The predicted octanol–water partition coefficient (Wildman–Crippen LogP) is 3.42. The lowest BCUT2D eigenvalue weighted by Crippen LogP contribution is -2.15. The van der Waals surface area contributed by atoms with E-state index in [-0.39, 0.29) is 19.2 Å². The highest BCUT2D eigenvalue weighted by Crippen LogP contribution is 2.07. The Morgan fingerprint density at radius 2 is 0.659 bits per heavy atom. The number of esters is 1. The van der Waals surface area contributed by atoms with Gasteiger partial charge in [0.1, 0.15) is 13.3 Å². The lowest BCUT2D eigenvalue weighted by atomic mass is 10.1. The van der Waals surface area contributed by atoms with Crippen LogP contribution in [0.2, 0.25) is 0 Å². The molecule has 13 heteroatoms. The summed E-state index contributed by atoms with van der Waals surface area (Å²) < 4.78 is 70.7. The molecule has 0 heterocycles. The smallest absolute Gasteiger partial charge is 0.305 e. The summed E-state index contributed by atoms with van der Waals surface area (Å²) in [5.74, 6) is -0.146. The fourth-order valence-electron chi connectivity index (χ4n) is 3.47. The van der Waals surface area contributed by atoms with Crippen LogP contribution < -0.4 is 0 Å². The van der Waals surface area contributed by atoms with Crippen LogP contribution in [0, 0.1) is 0 Å². The summed E-state index contributed by atoms with van der Waals surface area (Å²) in [5, 5.41) is 0. The van der Waals surface area contributed by atoms with Crippen molar-refractivity contribution in [3.63, 3.8) is 0 Å². The van der Waals surface area contributed by atoms with Gasteiger partial charge in [-0.2, -0.15) is 0 Å². The van der Waals surface area contributed by atoms with Crippen LogP contribution in [0.15, 0.2) is 0 Å². The minimum Gasteiger partial charge on any atom is -0.463 e. The highest BCUT2D eigenvalue weighted by atomic mass is 19.1. The van der Waals surface area contributed by atoms with E-state index in [1.807, 2.05) is 0 Å². The quantitative estimate of drug-likeness (QED) is 0.0721. The Labute approximate surface area is 264 Å². The highest BCUT2D eigenvalue weighted by molar-refractivity contribution is 5.69. The van der Waals surface area contributed by atoms with Crippen LogP contribution in [0.1, 0.15) is 51.9 Å². The molecule has 0 saturated heterocycles. The first-order valence-electron chi connectivity index (χ1n) is 16.3. The number of ether oxygens (including phenoxy) is 11. The summed E-state index contributed by atoms with van der Waals surface area (Å²) in [6, 6.07) is 0. The molecule has 0 spiro atoms. The Bertz CT molecular complexity index is 548. The van der Waals surface area contributed by atoms with E-state index in [9.17, 15) is 9.18 Å². The van der Waals surface area contributed by atoms with E-state index >= 15 is 0 Å². The van der Waals surface area contributed by atoms with Gasteiger partial charge in [-0.3, -0.25) is 4.79 Å². The number of rotatable bonds is 39. The van der Waals surface area contributed by atoms with Gasteiger partial charge < -0.3 is 52.1 Å². The summed E-state index contributed by atoms with van der Waals surface area (Å²) in [6.45, 7) is 11.1. The minimum absolute atomic E-state index is 0.112. The van der Waals surface area contributed by atoms with Crippen molar-refractivity contribution >= 4 is 5.97 Å². The fourth-order valence-corrected chi connectivity index (χ4v) is 3.47. The molecular formula is C31H61FO12. The second-order valence-electron chi connectivity index (χ2n) is 9.55. The predicted molar refractivity (Wildman–Crippen MR) is 163 cm³/mol. The molecule has 0 amide bonds. The van der Waals surface area contributed by atoms with Crippen molar-refractivity contribution in [1.29, 1.82) is 0 Å². The zero-order valence-electron chi connectivity index (χ0n) is 27.3. The SMILES string of the molecule is CCCCCCCCC(=O)OCCOCCOCCOCCOCCOCCOCCOCCOCCOCCOCCF. The van der Waals surface area contributed by atoms with Crippen LogP contribution in [0.4, 0.5) is 4.39 Å². The van der Waals surface area contributed by atoms with Crippen LogP contribution in [0.25, 0.3) is 0 Å². The molecule has 0 aliphatic carbocycles. The Hall–Kier alpha value is -1.00. The monoisotopic (exact) mass is 644 g/mol. The summed E-state index contributed by atoms with van der Waals surface area (Å²) >= 11 is 0. The Morgan fingerprint density at radius 1 is 0.386 bits per heavy atom. The van der Waals surface area contributed by atoms with Crippen molar-refractivity contribution in [2.45, 2.75) is 51.9 Å². The number of halogens is 1. The van der Waals surface area contributed by atoms with Gasteiger partial charge >= 0.3 is 5.97 Å². The molecule has 0 bridgehead atoms. The van der Waals surface area contributed by atoms with Gasteiger partial charge in [-0.1, -0.05) is 39.0 Å². The van der Waals surface area contributed by atoms with Crippen molar-refractivity contribution in [3.05, 3.63) is 0 Å². The van der Waals surface area contributed by atoms with Crippen LogP contribution in [0.3, 0.4) is 0 Å². The van der Waals surface area contributed by atoms with Gasteiger partial charge in [-0.25, -0.2) is 4.39 Å². The first-order valence-corrected chi connectivity index (χ1v) is 16.3. The maximum atomic E-state index is 11.8. The second-order valence-corrected chi connectivity index (χ2v) is 9.55. The van der Waals surface area contributed by atoms with E-state index < -0.39 is 6.67 Å². The minimum atomic E-state index is -0.476. The molecule has 12 nitrogen and oxygen atoms in total. The molecule has 0 fully saturated rings. The van der Waals surface area contributed by atoms with Crippen LogP contribution in [0.5, 0.6) is 0 Å². The zero-order valence-corrected chi connectivity index (χ0v) is 27.3. The average Bonchev–Trinajstić information content (AvgIpc) is 3.03. The molecule has 0 radical (unpaired) electrons. The molecule has 0 aliphatic rings. The maximum Gasteiger partial charge on any atom is 0.305 e. The molecular weight excluding hydrogens is 583 g/mol. The van der Waals surface area contributed by atoms with Gasteiger partial charge in [0.15, 0.2) is 0 Å². The molecule has 44 heavy (non-hydrogen) atoms. The van der Waals surface area contributed by atoms with Crippen LogP contribution in [-0.2, 0) is 56.9 Å². The third-order valence-corrected chi connectivity index (χ3v) is 5.79. The molecule has 0 atom stereocenters. The summed E-state index contributed by atoms with van der Waals surface area (Å²) in [5.41, 5.74) is 0. The third kappa shape index (κ3) is 39.0. The molecule has 0 aromatic carbocycles. The Kier molecular flexibility index (Phi) is 39.1. The average molecular weight is 645 g/mol. The third-order valence-electron chi connectivity index (χ3n) is 5.79. The number of alkyl halides is 1. The zero-order chi connectivity index (χ0) is 31.9. The van der Waals surface area contributed by atoms with Crippen molar-refractivity contribution in [2.24, 2.45) is 0 Å². The number of hydrogen-bond acceptors (Lipinski definition) is 12. The van der Waals surface area contributed by atoms with Gasteiger partial charge in [0.05, 0.1) is 132 Å². The van der Waals surface area contributed by atoms with Gasteiger partial charge in [0.2, 0.25) is 0 Å². The van der Waals surface area contributed by atoms with Crippen molar-refractivity contribution in [1.82, 2.24) is 0 Å². The van der Waals surface area contributed by atoms with E-state index in [4.69, 9.17) is 52.1 Å². The van der Waals surface area contributed by atoms with Gasteiger partial charge in [0.25, 0.3) is 0 Å². The molecule has 0 aromatic heterocycles. The Balaban J connectivity index is 3.09. The molecule has 0 saturated carbocycles. The molecule has 0 N–H and O–H groups in total. The standard InChI is InChI=1S/C31H61FO12/c1-2-3-4-5-6-7-8-31(33)44-30-29-43-28-27-42-26-25-41-24-23-40-22-21-39-20-19-38-18-17-37-16-15-36-14-13-35-12-11-34-10-9-32/h2-30H2,1H3. The molecule has 0 aliphatic heterocycles. The fraction of sp³-hybridized carbons (Fsp3) is 0.968. The van der Waals surface area contributed by atoms with Crippen LogP contribution >= 0.6 is 0 Å². The molecule has 264 valence electrons. The lowest BCUT2D eigenvalue weighted by Gasteiger charge is -2.09. The lowest BCUT2D eigenvalue weighted by molar-refractivity contribution is -0.145. The van der Waals surface area contributed by atoms with E-state index in [0.29, 0.717) is 132 Å². The van der Waals surface area contributed by atoms with E-state index in [1.165, 1.54) is 25.7 Å².